The third kappa shape index (κ3) is 6.42. The van der Waals surface area contributed by atoms with E-state index in [9.17, 15) is 19.8 Å². The number of rotatable bonds is 9. The smallest absolute Gasteiger partial charge is 0.340 e. The lowest BCUT2D eigenvalue weighted by Crippen LogP contribution is -2.49. The summed E-state index contributed by atoms with van der Waals surface area (Å²) in [6.45, 7) is 5.68. The molecule has 3 heterocycles. The summed E-state index contributed by atoms with van der Waals surface area (Å²) < 4.78 is 29.3. The number of carbonyl (C=O) groups excluding carboxylic acids is 1. The molecule has 4 aliphatic rings. The number of hydrogen-bond donors (Lipinski definition) is 2. The molecule has 2 aromatic rings. The molecule has 1 fully saturated rings. The first-order chi connectivity index (χ1) is 21.5. The molecular formula is C35H40ClNO9. The fourth-order valence-corrected chi connectivity index (χ4v) is 7.05. The third-order valence-corrected chi connectivity index (χ3v) is 9.23. The number of hydrogen-bond acceptors (Lipinski definition) is 9. The van der Waals surface area contributed by atoms with Gasteiger partial charge in [0.15, 0.2) is 23.2 Å². The number of methoxy groups -OCH3 is 1. The maximum absolute atomic E-state index is 13.9. The number of nitrogens with zero attached hydrogens (tertiary/aromatic N) is 1. The average molecular weight is 654 g/mol. The summed E-state index contributed by atoms with van der Waals surface area (Å²) in [4.78, 5) is 28.1. The highest BCUT2D eigenvalue weighted by atomic mass is 35.5. The molecule has 3 aliphatic heterocycles. The Morgan fingerprint density at radius 1 is 1.13 bits per heavy atom. The van der Waals surface area contributed by atoms with Gasteiger partial charge in [-0.3, -0.25) is 9.69 Å². The van der Waals surface area contributed by atoms with E-state index in [0.717, 1.165) is 49.0 Å². The van der Waals surface area contributed by atoms with Crippen molar-refractivity contribution in [1.82, 2.24) is 4.90 Å². The van der Waals surface area contributed by atoms with Gasteiger partial charge in [0.25, 0.3) is 0 Å². The van der Waals surface area contributed by atoms with Crippen LogP contribution in [-0.2, 0) is 36.8 Å². The summed E-state index contributed by atoms with van der Waals surface area (Å²) >= 11 is 0. The molecule has 6 rings (SSSR count). The largest absolute Gasteiger partial charge is 0.497 e. The second-order valence-corrected chi connectivity index (χ2v) is 12.7. The van der Waals surface area contributed by atoms with Crippen LogP contribution in [0.15, 0.2) is 54.3 Å². The third-order valence-electron chi connectivity index (χ3n) is 9.23. The van der Waals surface area contributed by atoms with Gasteiger partial charge < -0.3 is 33.9 Å². The van der Waals surface area contributed by atoms with E-state index >= 15 is 0 Å². The second kappa shape index (κ2) is 13.2. The van der Waals surface area contributed by atoms with Crippen LogP contribution in [0.1, 0.15) is 62.1 Å². The summed E-state index contributed by atoms with van der Waals surface area (Å²) in [5.74, 6) is 4.74. The molecule has 246 valence electrons. The normalized spacial score (nSPS) is 24.0. The molecule has 0 bridgehead atoms. The number of esters is 1. The van der Waals surface area contributed by atoms with Crippen LogP contribution in [0.25, 0.3) is 0 Å². The van der Waals surface area contributed by atoms with E-state index < -0.39 is 47.6 Å². The SMILES string of the molecule is COC1=C[C@]23CCCN2CCc2cc4c(cc2[C@@H]3[C@@H]1OC(=O)[C@@](O)(CC#CC(C)(C)OCc1ccccc1)CC(=O)O)OCO4.Cl. The Labute approximate surface area is 275 Å². The molecule has 2 N–H and O–H groups in total. The van der Waals surface area contributed by atoms with Crippen LogP contribution in [-0.4, -0.2) is 76.9 Å². The topological polar surface area (TPSA) is 124 Å². The summed E-state index contributed by atoms with van der Waals surface area (Å²) in [6.07, 6.45) is 2.39. The number of carbonyl (C=O) groups is 2. The van der Waals surface area contributed by atoms with Gasteiger partial charge in [0.2, 0.25) is 6.79 Å². The maximum Gasteiger partial charge on any atom is 0.340 e. The number of halogens is 1. The number of benzene rings is 2. The molecule has 11 heteroatoms. The van der Waals surface area contributed by atoms with Crippen LogP contribution in [0, 0.1) is 11.8 Å². The molecule has 4 atom stereocenters. The molecule has 0 radical (unpaired) electrons. The van der Waals surface area contributed by atoms with Gasteiger partial charge in [-0.15, -0.1) is 12.4 Å². The van der Waals surface area contributed by atoms with Crippen molar-refractivity contribution in [2.24, 2.45) is 0 Å². The van der Waals surface area contributed by atoms with E-state index in [2.05, 4.69) is 16.7 Å². The van der Waals surface area contributed by atoms with Crippen molar-refractivity contribution < 1.29 is 43.5 Å². The van der Waals surface area contributed by atoms with Crippen molar-refractivity contribution in [3.05, 3.63) is 71.0 Å². The Balaban J connectivity index is 0.00000417. The first-order valence-corrected chi connectivity index (χ1v) is 15.3. The lowest BCUT2D eigenvalue weighted by molar-refractivity contribution is -0.176. The summed E-state index contributed by atoms with van der Waals surface area (Å²) in [5, 5.41) is 21.2. The van der Waals surface area contributed by atoms with E-state index in [1.807, 2.05) is 48.5 Å². The van der Waals surface area contributed by atoms with Crippen molar-refractivity contribution in [3.8, 4) is 23.3 Å². The Kier molecular flexibility index (Phi) is 9.62. The highest BCUT2D eigenvalue weighted by molar-refractivity contribution is 5.86. The highest BCUT2D eigenvalue weighted by Crippen LogP contribution is 2.55. The molecule has 2 aromatic carbocycles. The number of aliphatic carboxylic acids is 1. The molecule has 1 spiro atoms. The zero-order valence-electron chi connectivity index (χ0n) is 26.2. The van der Waals surface area contributed by atoms with Gasteiger partial charge in [-0.2, -0.15) is 0 Å². The Bertz CT molecular complexity index is 1560. The van der Waals surface area contributed by atoms with Gasteiger partial charge in [0.05, 0.1) is 31.6 Å². The van der Waals surface area contributed by atoms with E-state index in [1.54, 1.807) is 13.8 Å². The van der Waals surface area contributed by atoms with Crippen molar-refractivity contribution in [1.29, 1.82) is 0 Å². The molecular weight excluding hydrogens is 614 g/mol. The molecule has 0 aromatic heterocycles. The number of carboxylic acid groups (broad SMARTS) is 1. The quantitative estimate of drug-likeness (QED) is 0.298. The lowest BCUT2D eigenvalue weighted by atomic mass is 9.77. The van der Waals surface area contributed by atoms with Gasteiger partial charge >= 0.3 is 11.9 Å². The molecule has 1 aliphatic carbocycles. The van der Waals surface area contributed by atoms with E-state index in [-0.39, 0.29) is 25.1 Å². The molecule has 0 unspecified atom stereocenters. The van der Waals surface area contributed by atoms with Crippen molar-refractivity contribution >= 4 is 24.3 Å². The van der Waals surface area contributed by atoms with Crippen LogP contribution < -0.4 is 9.47 Å². The van der Waals surface area contributed by atoms with Crippen LogP contribution in [0.5, 0.6) is 11.5 Å². The predicted octanol–water partition coefficient (Wildman–Crippen LogP) is 4.36. The zero-order chi connectivity index (χ0) is 31.8. The monoisotopic (exact) mass is 653 g/mol. The summed E-state index contributed by atoms with van der Waals surface area (Å²) in [5.41, 5.74) is -0.797. The van der Waals surface area contributed by atoms with Gasteiger partial charge in [0.1, 0.15) is 11.4 Å². The second-order valence-electron chi connectivity index (χ2n) is 12.7. The van der Waals surface area contributed by atoms with Gasteiger partial charge in [0, 0.05) is 13.0 Å². The number of fused-ring (bicyclic) bond motifs is 3. The van der Waals surface area contributed by atoms with Crippen LogP contribution in [0.3, 0.4) is 0 Å². The van der Waals surface area contributed by atoms with Crippen LogP contribution in [0.2, 0.25) is 0 Å². The minimum atomic E-state index is -2.40. The average Bonchev–Trinajstić information content (AvgIpc) is 3.69. The minimum absolute atomic E-state index is 0. The first kappa shape index (κ1) is 33.6. The van der Waals surface area contributed by atoms with Crippen molar-refractivity contribution in [3.63, 3.8) is 0 Å². The summed E-state index contributed by atoms with van der Waals surface area (Å²) in [6, 6.07) is 13.6. The fourth-order valence-electron chi connectivity index (χ4n) is 7.05. The Morgan fingerprint density at radius 2 is 1.87 bits per heavy atom. The minimum Gasteiger partial charge on any atom is -0.497 e. The maximum atomic E-state index is 13.9. The number of ether oxygens (including phenoxy) is 5. The zero-order valence-corrected chi connectivity index (χ0v) is 27.1. The Morgan fingerprint density at radius 3 is 2.59 bits per heavy atom. The molecule has 10 nitrogen and oxygen atoms in total. The van der Waals surface area contributed by atoms with Crippen molar-refractivity contribution in [2.45, 2.75) is 81.3 Å². The molecule has 0 amide bonds. The Hall–Kier alpha value is -3.75. The van der Waals surface area contributed by atoms with Crippen molar-refractivity contribution in [2.75, 3.05) is 27.0 Å². The summed E-state index contributed by atoms with van der Waals surface area (Å²) in [7, 11) is 1.53. The van der Waals surface area contributed by atoms with E-state index in [1.165, 1.54) is 7.11 Å². The molecule has 1 saturated heterocycles. The standard InChI is InChI=1S/C35H39NO9.ClH/c1-33(2,44-21-23-9-5-4-6-10-23)12-7-14-35(40,20-29(37)38)32(39)45-31-28(41-3)19-34-13-8-15-36(34)16-11-24-17-26-27(43-22-42-26)18-25(24)30(31)34;/h4-6,9-10,17-19,30-31,40H,8,11,13-16,20-22H2,1-3H3,(H,37,38);1H/t30-,31-,34+,35-;/m1./s1. The van der Waals surface area contributed by atoms with Crippen LogP contribution >= 0.6 is 12.4 Å². The molecule has 0 saturated carbocycles. The van der Waals surface area contributed by atoms with Gasteiger partial charge in [-0.25, -0.2) is 4.79 Å². The first-order valence-electron chi connectivity index (χ1n) is 15.3. The van der Waals surface area contributed by atoms with E-state index in [4.69, 9.17) is 23.7 Å². The fraction of sp³-hybridized carbons (Fsp3) is 0.486. The van der Waals surface area contributed by atoms with Gasteiger partial charge in [-0.1, -0.05) is 42.2 Å². The highest BCUT2D eigenvalue weighted by Gasteiger charge is 2.59. The number of aliphatic hydroxyl groups is 1. The van der Waals surface area contributed by atoms with Crippen LogP contribution in [0.4, 0.5) is 0 Å². The van der Waals surface area contributed by atoms with Gasteiger partial charge in [-0.05, 0) is 74.6 Å². The molecule has 46 heavy (non-hydrogen) atoms. The predicted molar refractivity (Wildman–Crippen MR) is 170 cm³/mol. The van der Waals surface area contributed by atoms with E-state index in [0.29, 0.717) is 23.9 Å². The lowest BCUT2D eigenvalue weighted by Gasteiger charge is -2.39. The number of carboxylic acids is 1.